The average Bonchev–Trinajstić information content (AvgIpc) is 3.27. The number of hydrogen-bond donors (Lipinski definition) is 2. The molecule has 4 rings (SSSR count). The van der Waals surface area contributed by atoms with Crippen LogP contribution in [-0.4, -0.2) is 26.9 Å². The molecule has 2 atom stereocenters. The molecular weight excluding hydrogens is 302 g/mol. The van der Waals surface area contributed by atoms with Gasteiger partial charge in [0.1, 0.15) is 0 Å². The molecule has 2 aliphatic rings. The van der Waals surface area contributed by atoms with E-state index in [2.05, 4.69) is 10.4 Å². The number of aliphatic hydroxyl groups excluding tert-OH is 1. The summed E-state index contributed by atoms with van der Waals surface area (Å²) in [6.45, 7) is 1.96. The fraction of sp³-hybridized carbons (Fsp3) is 0.474. The number of aromatic nitrogens is 2. The zero-order chi connectivity index (χ0) is 16.7. The molecule has 2 unspecified atom stereocenters. The quantitative estimate of drug-likeness (QED) is 0.912. The summed E-state index contributed by atoms with van der Waals surface area (Å²) in [5, 5.41) is 17.8. The number of benzene rings is 1. The highest BCUT2D eigenvalue weighted by atomic mass is 16.3. The van der Waals surface area contributed by atoms with Gasteiger partial charge in [-0.1, -0.05) is 37.1 Å². The zero-order valence-electron chi connectivity index (χ0n) is 13.9. The minimum atomic E-state index is -0.573. The summed E-state index contributed by atoms with van der Waals surface area (Å²) in [5.74, 6) is -0.155. The second-order valence-corrected chi connectivity index (χ2v) is 6.95. The fourth-order valence-corrected chi connectivity index (χ4v) is 4.13. The maximum absolute atomic E-state index is 12.7. The average molecular weight is 325 g/mol. The number of aliphatic hydroxyl groups is 1. The first-order valence-electron chi connectivity index (χ1n) is 8.76. The van der Waals surface area contributed by atoms with Crippen molar-refractivity contribution in [2.75, 3.05) is 0 Å². The Kier molecular flexibility index (Phi) is 3.88. The van der Waals surface area contributed by atoms with Crippen molar-refractivity contribution in [2.24, 2.45) is 0 Å². The van der Waals surface area contributed by atoms with Gasteiger partial charge in [-0.05, 0) is 30.9 Å². The van der Waals surface area contributed by atoms with Gasteiger partial charge in [-0.3, -0.25) is 9.48 Å². The predicted octanol–water partition coefficient (Wildman–Crippen LogP) is 2.69. The molecule has 24 heavy (non-hydrogen) atoms. The third-order valence-corrected chi connectivity index (χ3v) is 5.45. The van der Waals surface area contributed by atoms with Crippen LogP contribution in [0.5, 0.6) is 0 Å². The summed E-state index contributed by atoms with van der Waals surface area (Å²) < 4.78 is 2.00. The summed E-state index contributed by atoms with van der Waals surface area (Å²) in [6, 6.07) is 7.97. The van der Waals surface area contributed by atoms with Crippen LogP contribution in [0.2, 0.25) is 0 Å². The van der Waals surface area contributed by atoms with Gasteiger partial charge >= 0.3 is 0 Å². The molecule has 5 nitrogen and oxygen atoms in total. The minimum Gasteiger partial charge on any atom is -0.390 e. The third-order valence-electron chi connectivity index (χ3n) is 5.45. The van der Waals surface area contributed by atoms with E-state index < -0.39 is 6.10 Å². The second-order valence-electron chi connectivity index (χ2n) is 6.95. The standard InChI is InChI=1S/C19H23N3O2/c1-12-16(11-20-22(12)14-7-3-4-8-14)19(24)21-18-15-9-5-2-6-13(15)10-17(18)23/h2,5-6,9,11,14,17-18,23H,3-4,7-8,10H2,1H3,(H,21,24). The second kappa shape index (κ2) is 6.06. The van der Waals surface area contributed by atoms with Crippen LogP contribution in [0.4, 0.5) is 0 Å². The molecule has 0 aliphatic heterocycles. The van der Waals surface area contributed by atoms with Crippen molar-refractivity contribution in [1.29, 1.82) is 0 Å². The number of fused-ring (bicyclic) bond motifs is 1. The predicted molar refractivity (Wildman–Crippen MR) is 90.8 cm³/mol. The van der Waals surface area contributed by atoms with E-state index in [1.54, 1.807) is 6.20 Å². The van der Waals surface area contributed by atoms with Crippen molar-refractivity contribution in [3.63, 3.8) is 0 Å². The van der Waals surface area contributed by atoms with Gasteiger partial charge in [0, 0.05) is 12.1 Å². The molecule has 0 saturated heterocycles. The molecule has 2 N–H and O–H groups in total. The van der Waals surface area contributed by atoms with Crippen LogP contribution < -0.4 is 5.32 Å². The van der Waals surface area contributed by atoms with Crippen molar-refractivity contribution in [3.05, 3.63) is 52.8 Å². The molecular formula is C19H23N3O2. The van der Waals surface area contributed by atoms with Gasteiger partial charge in [-0.25, -0.2) is 0 Å². The Labute approximate surface area is 141 Å². The Hall–Kier alpha value is -2.14. The Morgan fingerprint density at radius 3 is 2.83 bits per heavy atom. The van der Waals surface area contributed by atoms with Crippen molar-refractivity contribution >= 4 is 5.91 Å². The van der Waals surface area contributed by atoms with Gasteiger partial charge in [0.15, 0.2) is 0 Å². The van der Waals surface area contributed by atoms with Gasteiger partial charge in [-0.2, -0.15) is 5.10 Å². The summed E-state index contributed by atoms with van der Waals surface area (Å²) in [6.07, 6.45) is 6.41. The Balaban J connectivity index is 1.55. The zero-order valence-corrected chi connectivity index (χ0v) is 13.9. The Bertz CT molecular complexity index is 762. The van der Waals surface area contributed by atoms with E-state index in [0.717, 1.165) is 29.7 Å². The first-order chi connectivity index (χ1) is 11.6. The Morgan fingerprint density at radius 1 is 1.29 bits per heavy atom. The number of nitrogens with zero attached hydrogens (tertiary/aromatic N) is 2. The lowest BCUT2D eigenvalue weighted by molar-refractivity contribution is 0.0857. The smallest absolute Gasteiger partial charge is 0.255 e. The molecule has 126 valence electrons. The van der Waals surface area contributed by atoms with E-state index >= 15 is 0 Å². The van der Waals surface area contributed by atoms with E-state index in [1.165, 1.54) is 12.8 Å². The van der Waals surface area contributed by atoms with Crippen LogP contribution in [0.25, 0.3) is 0 Å². The highest BCUT2D eigenvalue weighted by Gasteiger charge is 2.33. The van der Waals surface area contributed by atoms with E-state index in [9.17, 15) is 9.90 Å². The summed E-state index contributed by atoms with van der Waals surface area (Å²) >= 11 is 0. The van der Waals surface area contributed by atoms with Crippen LogP contribution in [0.1, 0.15) is 64.9 Å². The largest absolute Gasteiger partial charge is 0.390 e. The van der Waals surface area contributed by atoms with E-state index in [-0.39, 0.29) is 11.9 Å². The van der Waals surface area contributed by atoms with Gasteiger partial charge in [-0.15, -0.1) is 0 Å². The van der Waals surface area contributed by atoms with Gasteiger partial charge in [0.25, 0.3) is 5.91 Å². The molecule has 5 heteroatoms. The lowest BCUT2D eigenvalue weighted by Crippen LogP contribution is -2.34. The monoisotopic (exact) mass is 325 g/mol. The molecule has 1 aromatic heterocycles. The topological polar surface area (TPSA) is 67.2 Å². The molecule has 0 spiro atoms. The highest BCUT2D eigenvalue weighted by Crippen LogP contribution is 2.33. The summed E-state index contributed by atoms with van der Waals surface area (Å²) in [5.41, 5.74) is 3.64. The van der Waals surface area contributed by atoms with Gasteiger partial charge in [0.05, 0.1) is 29.9 Å². The van der Waals surface area contributed by atoms with Crippen LogP contribution in [0.15, 0.2) is 30.5 Å². The first-order valence-corrected chi connectivity index (χ1v) is 8.76. The van der Waals surface area contributed by atoms with Gasteiger partial charge in [0.2, 0.25) is 0 Å². The van der Waals surface area contributed by atoms with Crippen LogP contribution in [-0.2, 0) is 6.42 Å². The number of amides is 1. The molecule has 1 heterocycles. The maximum atomic E-state index is 12.7. The number of rotatable bonds is 3. The SMILES string of the molecule is Cc1c(C(=O)NC2c3ccccc3CC2O)cnn1C1CCCC1. The lowest BCUT2D eigenvalue weighted by Gasteiger charge is -2.18. The highest BCUT2D eigenvalue weighted by molar-refractivity contribution is 5.95. The number of carbonyl (C=O) groups excluding carboxylic acids is 1. The number of nitrogens with one attached hydrogen (secondary N) is 1. The van der Waals surface area contributed by atoms with Crippen LogP contribution in [0.3, 0.4) is 0 Å². The van der Waals surface area contributed by atoms with E-state index in [0.29, 0.717) is 18.0 Å². The van der Waals surface area contributed by atoms with Crippen LogP contribution >= 0.6 is 0 Å². The normalized spacial score (nSPS) is 23.4. The molecule has 1 saturated carbocycles. The molecule has 0 bridgehead atoms. The summed E-state index contributed by atoms with van der Waals surface area (Å²) in [4.78, 5) is 12.7. The number of hydrogen-bond acceptors (Lipinski definition) is 3. The fourth-order valence-electron chi connectivity index (χ4n) is 4.13. The third kappa shape index (κ3) is 2.53. The molecule has 2 aromatic rings. The molecule has 1 aromatic carbocycles. The summed E-state index contributed by atoms with van der Waals surface area (Å²) in [7, 11) is 0. The lowest BCUT2D eigenvalue weighted by atomic mass is 10.1. The van der Waals surface area contributed by atoms with Crippen molar-refractivity contribution in [3.8, 4) is 0 Å². The number of carbonyl (C=O) groups is 1. The molecule has 0 radical (unpaired) electrons. The van der Waals surface area contributed by atoms with Crippen LogP contribution in [0, 0.1) is 6.92 Å². The van der Waals surface area contributed by atoms with Crippen molar-refractivity contribution in [1.82, 2.24) is 15.1 Å². The molecule has 2 aliphatic carbocycles. The van der Waals surface area contributed by atoms with Gasteiger partial charge < -0.3 is 10.4 Å². The van der Waals surface area contributed by atoms with E-state index in [1.807, 2.05) is 35.9 Å². The van der Waals surface area contributed by atoms with Crippen molar-refractivity contribution in [2.45, 2.75) is 57.2 Å². The maximum Gasteiger partial charge on any atom is 0.255 e. The minimum absolute atomic E-state index is 0.155. The van der Waals surface area contributed by atoms with E-state index in [4.69, 9.17) is 0 Å². The first kappa shape index (κ1) is 15.4. The van der Waals surface area contributed by atoms with Crippen molar-refractivity contribution < 1.29 is 9.90 Å². The Morgan fingerprint density at radius 2 is 2.04 bits per heavy atom. The molecule has 1 amide bonds. The molecule has 1 fully saturated rings.